The van der Waals surface area contributed by atoms with Gasteiger partial charge in [-0.15, -0.1) is 0 Å². The van der Waals surface area contributed by atoms with E-state index in [1.807, 2.05) is 0 Å². The molecule has 132 valence electrons. The Bertz CT molecular complexity index is 1040. The molecule has 0 saturated carbocycles. The standard InChI is InChI=1S/C20H16FNO4/c1-25-15-7-8-16-18(10-15)26-12-14(20(16)24)6-9-19(23)22-11-13-4-2-3-5-17(13)21/h2-10,12H,11H2,1H3,(H,22,23)/b9-6+. The topological polar surface area (TPSA) is 68.5 Å². The third kappa shape index (κ3) is 3.80. The van der Waals surface area contributed by atoms with Crippen molar-refractivity contribution in [3.63, 3.8) is 0 Å². The van der Waals surface area contributed by atoms with E-state index < -0.39 is 5.91 Å². The van der Waals surface area contributed by atoms with Gasteiger partial charge in [0.05, 0.1) is 18.1 Å². The summed E-state index contributed by atoms with van der Waals surface area (Å²) >= 11 is 0. The van der Waals surface area contributed by atoms with Crippen LogP contribution in [0.15, 0.2) is 64.0 Å². The number of carbonyl (C=O) groups excluding carboxylic acids is 1. The molecule has 5 nitrogen and oxygen atoms in total. The van der Waals surface area contributed by atoms with Crippen molar-refractivity contribution in [2.45, 2.75) is 6.54 Å². The predicted molar refractivity (Wildman–Crippen MR) is 96.3 cm³/mol. The predicted octanol–water partition coefficient (Wildman–Crippen LogP) is 3.27. The summed E-state index contributed by atoms with van der Waals surface area (Å²) in [6.07, 6.45) is 3.86. The molecule has 0 unspecified atom stereocenters. The van der Waals surface area contributed by atoms with E-state index in [1.54, 1.807) is 36.4 Å². The fourth-order valence-corrected chi connectivity index (χ4v) is 2.41. The second kappa shape index (κ2) is 7.65. The fourth-order valence-electron chi connectivity index (χ4n) is 2.41. The van der Waals surface area contributed by atoms with Gasteiger partial charge in [0, 0.05) is 24.3 Å². The lowest BCUT2D eigenvalue weighted by Gasteiger charge is -2.04. The van der Waals surface area contributed by atoms with E-state index in [9.17, 15) is 14.0 Å². The molecule has 0 saturated heterocycles. The highest BCUT2D eigenvalue weighted by molar-refractivity contribution is 5.92. The molecule has 1 N–H and O–H groups in total. The van der Waals surface area contributed by atoms with E-state index in [0.717, 1.165) is 0 Å². The Kier molecular flexibility index (Phi) is 5.12. The summed E-state index contributed by atoms with van der Waals surface area (Å²) < 4.78 is 24.0. The third-order valence-electron chi connectivity index (χ3n) is 3.83. The van der Waals surface area contributed by atoms with Gasteiger partial charge >= 0.3 is 0 Å². The SMILES string of the molecule is COc1ccc2c(=O)c(/C=C/C(=O)NCc3ccccc3F)coc2c1. The van der Waals surface area contributed by atoms with E-state index in [0.29, 0.717) is 22.3 Å². The summed E-state index contributed by atoms with van der Waals surface area (Å²) in [4.78, 5) is 24.3. The van der Waals surface area contributed by atoms with Gasteiger partial charge in [0.25, 0.3) is 0 Å². The Morgan fingerprint density at radius 3 is 2.85 bits per heavy atom. The first kappa shape index (κ1) is 17.4. The Balaban J connectivity index is 1.73. The second-order valence-corrected chi connectivity index (χ2v) is 5.52. The minimum atomic E-state index is -0.442. The number of methoxy groups -OCH3 is 1. The fraction of sp³-hybridized carbons (Fsp3) is 0.100. The quantitative estimate of drug-likeness (QED) is 0.715. The van der Waals surface area contributed by atoms with Crippen molar-refractivity contribution in [3.05, 3.63) is 82.0 Å². The first-order valence-corrected chi connectivity index (χ1v) is 7.87. The second-order valence-electron chi connectivity index (χ2n) is 5.52. The van der Waals surface area contributed by atoms with Crippen molar-refractivity contribution in [1.82, 2.24) is 5.32 Å². The van der Waals surface area contributed by atoms with Gasteiger partial charge < -0.3 is 14.5 Å². The summed E-state index contributed by atoms with van der Waals surface area (Å²) in [6.45, 7) is 0.0575. The Morgan fingerprint density at radius 1 is 1.27 bits per heavy atom. The molecule has 1 aromatic heterocycles. The van der Waals surface area contributed by atoms with Crippen molar-refractivity contribution in [1.29, 1.82) is 0 Å². The number of halogens is 1. The smallest absolute Gasteiger partial charge is 0.244 e. The molecule has 3 rings (SSSR count). The number of nitrogens with one attached hydrogen (secondary N) is 1. The lowest BCUT2D eigenvalue weighted by Crippen LogP contribution is -2.21. The minimum Gasteiger partial charge on any atom is -0.497 e. The van der Waals surface area contributed by atoms with Gasteiger partial charge in [0.2, 0.25) is 5.91 Å². The lowest BCUT2D eigenvalue weighted by atomic mass is 10.1. The van der Waals surface area contributed by atoms with Crippen molar-refractivity contribution in [2.24, 2.45) is 0 Å². The first-order chi connectivity index (χ1) is 12.6. The van der Waals surface area contributed by atoms with E-state index in [-0.39, 0.29) is 23.4 Å². The number of amides is 1. The average Bonchev–Trinajstić information content (AvgIpc) is 2.66. The van der Waals surface area contributed by atoms with Crippen molar-refractivity contribution in [3.8, 4) is 5.75 Å². The van der Waals surface area contributed by atoms with Crippen molar-refractivity contribution in [2.75, 3.05) is 7.11 Å². The zero-order chi connectivity index (χ0) is 18.5. The Labute approximate surface area is 148 Å². The van der Waals surface area contributed by atoms with Gasteiger partial charge in [-0.1, -0.05) is 18.2 Å². The highest BCUT2D eigenvalue weighted by Crippen LogP contribution is 2.19. The molecule has 0 aliphatic carbocycles. The Morgan fingerprint density at radius 2 is 2.08 bits per heavy atom. The molecule has 3 aromatic rings. The van der Waals surface area contributed by atoms with Crippen LogP contribution in [0.2, 0.25) is 0 Å². The molecular formula is C20H16FNO4. The van der Waals surface area contributed by atoms with E-state index in [2.05, 4.69) is 5.32 Å². The molecule has 0 aliphatic heterocycles. The Hall–Kier alpha value is -3.41. The van der Waals surface area contributed by atoms with Gasteiger partial charge in [-0.3, -0.25) is 9.59 Å². The maximum Gasteiger partial charge on any atom is 0.244 e. The molecule has 0 atom stereocenters. The van der Waals surface area contributed by atoms with E-state index in [1.165, 1.54) is 31.6 Å². The zero-order valence-electron chi connectivity index (χ0n) is 14.0. The molecule has 6 heteroatoms. The van der Waals surface area contributed by atoms with Crippen molar-refractivity contribution < 1.29 is 18.3 Å². The number of hydrogen-bond acceptors (Lipinski definition) is 4. The summed E-state index contributed by atoms with van der Waals surface area (Å²) in [5, 5.41) is 2.96. The van der Waals surface area contributed by atoms with Crippen LogP contribution < -0.4 is 15.5 Å². The van der Waals surface area contributed by atoms with Crippen LogP contribution in [0.3, 0.4) is 0 Å². The van der Waals surface area contributed by atoms with Gasteiger partial charge in [0.1, 0.15) is 23.4 Å². The van der Waals surface area contributed by atoms with Crippen LogP contribution in [-0.4, -0.2) is 13.0 Å². The third-order valence-corrected chi connectivity index (χ3v) is 3.83. The van der Waals surface area contributed by atoms with Gasteiger partial charge in [-0.2, -0.15) is 0 Å². The molecule has 0 bridgehead atoms. The van der Waals surface area contributed by atoms with Gasteiger partial charge in [-0.05, 0) is 24.3 Å². The molecule has 0 spiro atoms. The van der Waals surface area contributed by atoms with Crippen LogP contribution in [-0.2, 0) is 11.3 Å². The van der Waals surface area contributed by atoms with Gasteiger partial charge in [0.15, 0.2) is 5.43 Å². The normalized spacial score (nSPS) is 11.0. The van der Waals surface area contributed by atoms with Gasteiger partial charge in [-0.25, -0.2) is 4.39 Å². The largest absolute Gasteiger partial charge is 0.497 e. The first-order valence-electron chi connectivity index (χ1n) is 7.87. The van der Waals surface area contributed by atoms with Crippen molar-refractivity contribution >= 4 is 23.0 Å². The molecular weight excluding hydrogens is 337 g/mol. The highest BCUT2D eigenvalue weighted by atomic mass is 19.1. The minimum absolute atomic E-state index is 0.0575. The summed E-state index contributed by atoms with van der Waals surface area (Å²) in [7, 11) is 1.52. The maximum absolute atomic E-state index is 13.5. The lowest BCUT2D eigenvalue weighted by molar-refractivity contribution is -0.116. The molecule has 0 aliphatic rings. The molecule has 1 heterocycles. The molecule has 2 aromatic carbocycles. The molecule has 0 fully saturated rings. The zero-order valence-corrected chi connectivity index (χ0v) is 14.0. The number of ether oxygens (including phenoxy) is 1. The summed E-state index contributed by atoms with van der Waals surface area (Å²) in [5.41, 5.74) is 0.764. The van der Waals surface area contributed by atoms with Crippen LogP contribution in [0.5, 0.6) is 5.75 Å². The highest BCUT2D eigenvalue weighted by Gasteiger charge is 2.07. The number of fused-ring (bicyclic) bond motifs is 1. The van der Waals surface area contributed by atoms with Crippen LogP contribution in [0.4, 0.5) is 4.39 Å². The monoisotopic (exact) mass is 353 g/mol. The number of benzene rings is 2. The maximum atomic E-state index is 13.5. The summed E-state index contributed by atoms with van der Waals surface area (Å²) in [5.74, 6) is -0.249. The molecule has 0 radical (unpaired) electrons. The number of hydrogen-bond donors (Lipinski definition) is 1. The number of rotatable bonds is 5. The number of carbonyl (C=O) groups is 1. The van der Waals surface area contributed by atoms with Crippen LogP contribution in [0.1, 0.15) is 11.1 Å². The summed E-state index contributed by atoms with van der Waals surface area (Å²) in [6, 6.07) is 11.1. The van der Waals surface area contributed by atoms with Crippen LogP contribution in [0, 0.1) is 5.82 Å². The van der Waals surface area contributed by atoms with Crippen LogP contribution >= 0.6 is 0 Å². The van der Waals surface area contributed by atoms with Crippen LogP contribution in [0.25, 0.3) is 17.0 Å². The average molecular weight is 353 g/mol. The van der Waals surface area contributed by atoms with E-state index >= 15 is 0 Å². The van der Waals surface area contributed by atoms with E-state index in [4.69, 9.17) is 9.15 Å². The molecule has 26 heavy (non-hydrogen) atoms. The molecule has 1 amide bonds.